The Labute approximate surface area is 64.2 Å². The third-order valence-electron chi connectivity index (χ3n) is 0.626. The average Bonchev–Trinajstić information content (AvgIpc) is 1.85. The predicted molar refractivity (Wildman–Crippen MR) is 43.7 cm³/mol. The molecule has 5 heteroatoms. The van der Waals surface area contributed by atoms with Gasteiger partial charge in [0.05, 0.1) is 0 Å². The number of hydrogen-bond donors (Lipinski definition) is 2. The molecule has 0 fully saturated rings. The number of nitrogen functional groups attached to an aromatic ring is 2. The molecule has 0 spiro atoms. The number of thiazole rings is 1. The molecule has 4 N–H and O–H groups in total. The minimum Gasteiger partial charge on any atom is -0.388 e. The predicted octanol–water partition coefficient (Wildman–Crippen LogP) is 0.912. The minimum absolute atomic E-state index is 0.534. The fourth-order valence-electron chi connectivity index (χ4n) is 0.329. The molecule has 3 nitrogen and oxygen atoms in total. The van der Waals surface area contributed by atoms with Crippen LogP contribution in [0.25, 0.3) is 0 Å². The van der Waals surface area contributed by atoms with E-state index in [0.717, 1.165) is 3.70 Å². The lowest BCUT2D eigenvalue weighted by Crippen LogP contribution is -1.82. The second-order valence-electron chi connectivity index (χ2n) is 1.21. The van der Waals surface area contributed by atoms with E-state index in [2.05, 4.69) is 4.98 Å². The molecule has 1 aromatic heterocycles. The maximum Gasteiger partial charge on any atom is 0.183 e. The highest BCUT2D eigenvalue weighted by molar-refractivity contribution is 14.1. The van der Waals surface area contributed by atoms with E-state index in [0.29, 0.717) is 10.1 Å². The van der Waals surface area contributed by atoms with Crippen LogP contribution in [-0.2, 0) is 0 Å². The summed E-state index contributed by atoms with van der Waals surface area (Å²) in [5.74, 6) is 0. The van der Waals surface area contributed by atoms with Crippen LogP contribution in [0, 0.1) is 3.70 Å². The summed E-state index contributed by atoms with van der Waals surface area (Å²) in [4.78, 5) is 3.87. The van der Waals surface area contributed by atoms with Crippen molar-refractivity contribution in [2.24, 2.45) is 0 Å². The van der Waals surface area contributed by atoms with Crippen LogP contribution in [-0.4, -0.2) is 4.98 Å². The second kappa shape index (κ2) is 2.06. The third-order valence-corrected chi connectivity index (χ3v) is 2.53. The SMILES string of the molecule is Nc1nc(I)c(N)s1. The van der Waals surface area contributed by atoms with E-state index < -0.39 is 0 Å². The first-order valence-electron chi connectivity index (χ1n) is 1.87. The summed E-state index contributed by atoms with van der Waals surface area (Å²) in [6, 6.07) is 0. The molecule has 0 radical (unpaired) electrons. The number of nitrogens with zero attached hydrogens (tertiary/aromatic N) is 1. The number of halogens is 1. The van der Waals surface area contributed by atoms with Gasteiger partial charge in [0, 0.05) is 0 Å². The first kappa shape index (κ1) is 6.09. The highest BCUT2D eigenvalue weighted by Gasteiger charge is 1.99. The number of aromatic nitrogens is 1. The molecule has 1 heterocycles. The van der Waals surface area contributed by atoms with Crippen LogP contribution >= 0.6 is 33.9 Å². The summed E-state index contributed by atoms with van der Waals surface area (Å²) in [5.41, 5.74) is 10.7. The largest absolute Gasteiger partial charge is 0.388 e. The Morgan fingerprint density at radius 1 is 1.50 bits per heavy atom. The van der Waals surface area contributed by atoms with Gasteiger partial charge in [0.15, 0.2) is 5.13 Å². The van der Waals surface area contributed by atoms with Crippen molar-refractivity contribution in [3.8, 4) is 0 Å². The highest BCUT2D eigenvalue weighted by atomic mass is 127. The van der Waals surface area contributed by atoms with Gasteiger partial charge in [0.25, 0.3) is 0 Å². The molecule has 44 valence electrons. The lowest BCUT2D eigenvalue weighted by atomic mass is 10.9. The molecule has 0 unspecified atom stereocenters. The molecule has 0 aliphatic rings. The van der Waals surface area contributed by atoms with Crippen molar-refractivity contribution in [3.63, 3.8) is 0 Å². The van der Waals surface area contributed by atoms with Crippen molar-refractivity contribution >= 4 is 44.1 Å². The van der Waals surface area contributed by atoms with Gasteiger partial charge >= 0.3 is 0 Å². The van der Waals surface area contributed by atoms with Crippen LogP contribution in [0.2, 0.25) is 0 Å². The van der Waals surface area contributed by atoms with Crippen molar-refractivity contribution in [1.29, 1.82) is 0 Å². The topological polar surface area (TPSA) is 64.9 Å². The van der Waals surface area contributed by atoms with E-state index in [1.165, 1.54) is 11.3 Å². The number of nitrogens with two attached hydrogens (primary N) is 2. The van der Waals surface area contributed by atoms with E-state index >= 15 is 0 Å². The van der Waals surface area contributed by atoms with Gasteiger partial charge in [-0.2, -0.15) is 0 Å². The van der Waals surface area contributed by atoms with Gasteiger partial charge in [-0.3, -0.25) is 0 Å². The zero-order valence-electron chi connectivity index (χ0n) is 3.89. The van der Waals surface area contributed by atoms with Crippen molar-refractivity contribution in [1.82, 2.24) is 4.98 Å². The van der Waals surface area contributed by atoms with Crippen molar-refractivity contribution in [2.45, 2.75) is 0 Å². The van der Waals surface area contributed by atoms with Gasteiger partial charge in [0.1, 0.15) is 8.70 Å². The van der Waals surface area contributed by atoms with E-state index in [1.807, 2.05) is 22.6 Å². The summed E-state index contributed by atoms with van der Waals surface area (Å²) in [6.07, 6.45) is 0. The molecule has 8 heavy (non-hydrogen) atoms. The van der Waals surface area contributed by atoms with Crippen LogP contribution < -0.4 is 11.5 Å². The fourth-order valence-corrected chi connectivity index (χ4v) is 1.58. The molecular formula is C3H4IN3S. The third kappa shape index (κ3) is 1.03. The maximum atomic E-state index is 5.41. The lowest BCUT2D eigenvalue weighted by Gasteiger charge is -1.76. The Bertz CT molecular complexity index is 177. The van der Waals surface area contributed by atoms with Gasteiger partial charge in [-0.25, -0.2) is 4.98 Å². The monoisotopic (exact) mass is 241 g/mol. The van der Waals surface area contributed by atoms with Crippen molar-refractivity contribution in [3.05, 3.63) is 3.70 Å². The highest BCUT2D eigenvalue weighted by Crippen LogP contribution is 2.23. The molecule has 0 aromatic carbocycles. The number of hydrogen-bond acceptors (Lipinski definition) is 4. The van der Waals surface area contributed by atoms with Gasteiger partial charge in [-0.1, -0.05) is 11.3 Å². The van der Waals surface area contributed by atoms with Crippen LogP contribution in [0.15, 0.2) is 0 Å². The fraction of sp³-hybridized carbons (Fsp3) is 0. The van der Waals surface area contributed by atoms with Gasteiger partial charge in [-0.15, -0.1) is 0 Å². The van der Waals surface area contributed by atoms with E-state index in [-0.39, 0.29) is 0 Å². The van der Waals surface area contributed by atoms with Crippen LogP contribution in [0.3, 0.4) is 0 Å². The zero-order chi connectivity index (χ0) is 6.15. The number of anilines is 2. The molecule has 0 saturated heterocycles. The molecule has 0 saturated carbocycles. The van der Waals surface area contributed by atoms with Gasteiger partial charge < -0.3 is 11.5 Å². The van der Waals surface area contributed by atoms with E-state index in [9.17, 15) is 0 Å². The normalized spacial score (nSPS) is 9.62. The Kier molecular flexibility index (Phi) is 1.57. The van der Waals surface area contributed by atoms with E-state index in [1.54, 1.807) is 0 Å². The summed E-state index contributed by atoms with van der Waals surface area (Å²) in [5, 5.41) is 1.23. The second-order valence-corrected chi connectivity index (χ2v) is 3.29. The van der Waals surface area contributed by atoms with E-state index in [4.69, 9.17) is 11.5 Å². The first-order valence-corrected chi connectivity index (χ1v) is 3.77. The molecule has 0 aliphatic heterocycles. The van der Waals surface area contributed by atoms with Crippen LogP contribution in [0.1, 0.15) is 0 Å². The molecule has 0 atom stereocenters. The molecular weight excluding hydrogens is 237 g/mol. The quantitative estimate of drug-likeness (QED) is 0.663. The number of rotatable bonds is 0. The Morgan fingerprint density at radius 2 is 2.12 bits per heavy atom. The molecule has 1 aromatic rings. The van der Waals surface area contributed by atoms with Crippen LogP contribution in [0.5, 0.6) is 0 Å². The first-order chi connectivity index (χ1) is 3.70. The van der Waals surface area contributed by atoms with Crippen molar-refractivity contribution in [2.75, 3.05) is 11.5 Å². The lowest BCUT2D eigenvalue weighted by molar-refractivity contribution is 1.37. The Hall–Kier alpha value is -0.0400. The van der Waals surface area contributed by atoms with Gasteiger partial charge in [0.2, 0.25) is 0 Å². The average molecular weight is 241 g/mol. The zero-order valence-corrected chi connectivity index (χ0v) is 6.86. The van der Waals surface area contributed by atoms with Crippen molar-refractivity contribution < 1.29 is 0 Å². The Balaban J connectivity index is 3.14. The smallest absolute Gasteiger partial charge is 0.183 e. The maximum absolute atomic E-state index is 5.41. The summed E-state index contributed by atoms with van der Waals surface area (Å²) in [6.45, 7) is 0. The molecule has 0 aliphatic carbocycles. The van der Waals surface area contributed by atoms with Gasteiger partial charge in [-0.05, 0) is 22.6 Å². The summed E-state index contributed by atoms with van der Waals surface area (Å²) in [7, 11) is 0. The molecule has 1 rings (SSSR count). The minimum atomic E-state index is 0.534. The summed E-state index contributed by atoms with van der Waals surface area (Å²) >= 11 is 3.35. The van der Waals surface area contributed by atoms with Crippen LogP contribution in [0.4, 0.5) is 10.1 Å². The summed E-state index contributed by atoms with van der Waals surface area (Å²) < 4.78 is 0.796. The molecule has 0 bridgehead atoms. The Morgan fingerprint density at radius 3 is 2.25 bits per heavy atom. The standard InChI is InChI=1S/C3H4IN3S/c4-1-2(5)8-3(6)7-1/h5H2,(H2,6,7). The molecule has 0 amide bonds.